The van der Waals surface area contributed by atoms with Crippen molar-refractivity contribution >= 4 is 5.91 Å². The highest BCUT2D eigenvalue weighted by atomic mass is 19.1. The first kappa shape index (κ1) is 12.4. The van der Waals surface area contributed by atoms with E-state index in [4.69, 9.17) is 5.26 Å². The number of aromatic hydroxyl groups is 1. The predicted octanol–water partition coefficient (Wildman–Crippen LogP) is 2.10. The minimum Gasteiger partial charge on any atom is -0.507 e. The van der Waals surface area contributed by atoms with Gasteiger partial charge in [0.25, 0.3) is 5.91 Å². The van der Waals surface area contributed by atoms with E-state index in [2.05, 4.69) is 11.4 Å². The van der Waals surface area contributed by atoms with Gasteiger partial charge in [0.2, 0.25) is 0 Å². The normalized spacial score (nSPS) is 17.1. The molecule has 1 aromatic rings. The van der Waals surface area contributed by atoms with Crippen LogP contribution in [-0.2, 0) is 0 Å². The van der Waals surface area contributed by atoms with Crippen molar-refractivity contribution in [2.24, 2.45) is 0 Å². The van der Waals surface area contributed by atoms with E-state index in [1.807, 2.05) is 0 Å². The number of nitrogens with zero attached hydrogens (tertiary/aromatic N) is 1. The van der Waals surface area contributed by atoms with Crippen molar-refractivity contribution in [3.8, 4) is 11.8 Å². The van der Waals surface area contributed by atoms with Crippen LogP contribution < -0.4 is 5.32 Å². The average Bonchev–Trinajstić information content (AvgIpc) is 2.78. The van der Waals surface area contributed by atoms with Gasteiger partial charge in [0.1, 0.15) is 22.7 Å². The number of carbonyl (C=O) groups excluding carboxylic acids is 1. The second kappa shape index (κ2) is 4.65. The Hall–Kier alpha value is -2.09. The Labute approximate surface area is 104 Å². The summed E-state index contributed by atoms with van der Waals surface area (Å²) in [5.74, 6) is -1.95. The smallest absolute Gasteiger partial charge is 0.259 e. The molecule has 5 heteroatoms. The molecule has 1 aliphatic carbocycles. The second-order valence-electron chi connectivity index (χ2n) is 4.49. The van der Waals surface area contributed by atoms with E-state index in [1.54, 1.807) is 0 Å². The van der Waals surface area contributed by atoms with Crippen molar-refractivity contribution in [1.29, 1.82) is 5.26 Å². The van der Waals surface area contributed by atoms with Gasteiger partial charge in [0, 0.05) is 0 Å². The summed E-state index contributed by atoms with van der Waals surface area (Å²) in [7, 11) is 0. The Morgan fingerprint density at radius 1 is 1.44 bits per heavy atom. The lowest BCUT2D eigenvalue weighted by molar-refractivity contribution is 0.0913. The Morgan fingerprint density at radius 2 is 2.11 bits per heavy atom. The summed E-state index contributed by atoms with van der Waals surface area (Å²) in [6.45, 7) is 0. The summed E-state index contributed by atoms with van der Waals surface area (Å²) in [5.41, 5.74) is -1.33. The fourth-order valence-electron chi connectivity index (χ4n) is 2.26. The van der Waals surface area contributed by atoms with Crippen molar-refractivity contribution in [3.63, 3.8) is 0 Å². The van der Waals surface area contributed by atoms with Crippen LogP contribution in [0.4, 0.5) is 4.39 Å². The van der Waals surface area contributed by atoms with Crippen LogP contribution >= 0.6 is 0 Å². The zero-order chi connectivity index (χ0) is 13.2. The molecule has 0 bridgehead atoms. The molecule has 0 spiro atoms. The lowest BCUT2D eigenvalue weighted by atomic mass is 9.99. The van der Waals surface area contributed by atoms with Gasteiger partial charge in [-0.2, -0.15) is 5.26 Å². The Balaban J connectivity index is 2.25. The number of amides is 1. The van der Waals surface area contributed by atoms with Crippen LogP contribution in [0.3, 0.4) is 0 Å². The van der Waals surface area contributed by atoms with Crippen molar-refractivity contribution < 1.29 is 14.3 Å². The molecular weight excluding hydrogens is 235 g/mol. The second-order valence-corrected chi connectivity index (χ2v) is 4.49. The number of hydrogen-bond donors (Lipinski definition) is 2. The van der Waals surface area contributed by atoms with E-state index in [9.17, 15) is 14.3 Å². The molecule has 0 heterocycles. The van der Waals surface area contributed by atoms with Crippen LogP contribution in [0.25, 0.3) is 0 Å². The van der Waals surface area contributed by atoms with Gasteiger partial charge in [-0.15, -0.1) is 0 Å². The highest BCUT2D eigenvalue weighted by molar-refractivity contribution is 5.97. The van der Waals surface area contributed by atoms with E-state index in [0.717, 1.165) is 18.9 Å². The molecule has 0 saturated heterocycles. The van der Waals surface area contributed by atoms with Gasteiger partial charge < -0.3 is 10.4 Å². The Bertz CT molecular complexity index is 496. The van der Waals surface area contributed by atoms with Gasteiger partial charge in [0.05, 0.1) is 6.07 Å². The number of benzene rings is 1. The number of hydrogen-bond acceptors (Lipinski definition) is 3. The highest BCUT2D eigenvalue weighted by Gasteiger charge is 2.36. The van der Waals surface area contributed by atoms with Crippen LogP contribution in [0.15, 0.2) is 18.2 Å². The summed E-state index contributed by atoms with van der Waals surface area (Å²) in [6, 6.07) is 5.74. The molecule has 4 nitrogen and oxygen atoms in total. The number of rotatable bonds is 2. The molecule has 0 atom stereocenters. The molecule has 94 valence electrons. The highest BCUT2D eigenvalue weighted by Crippen LogP contribution is 2.30. The first-order valence-corrected chi connectivity index (χ1v) is 5.79. The van der Waals surface area contributed by atoms with Gasteiger partial charge in [-0.25, -0.2) is 4.39 Å². The number of nitriles is 1. The molecule has 1 saturated carbocycles. The summed E-state index contributed by atoms with van der Waals surface area (Å²) in [5, 5.41) is 21.2. The van der Waals surface area contributed by atoms with Crippen molar-refractivity contribution in [2.75, 3.05) is 0 Å². The number of halogens is 1. The minimum atomic E-state index is -0.925. The number of phenols is 1. The molecule has 2 rings (SSSR count). The largest absolute Gasteiger partial charge is 0.507 e. The van der Waals surface area contributed by atoms with E-state index in [-0.39, 0.29) is 0 Å². The van der Waals surface area contributed by atoms with Crippen LogP contribution in [0.5, 0.6) is 5.75 Å². The summed E-state index contributed by atoms with van der Waals surface area (Å²) < 4.78 is 13.5. The molecule has 0 unspecified atom stereocenters. The number of phenolic OH excluding ortho intramolecular Hbond substituents is 1. The zero-order valence-corrected chi connectivity index (χ0v) is 9.74. The van der Waals surface area contributed by atoms with Crippen LogP contribution in [0.2, 0.25) is 0 Å². The molecule has 18 heavy (non-hydrogen) atoms. The van der Waals surface area contributed by atoms with Crippen molar-refractivity contribution in [3.05, 3.63) is 29.6 Å². The molecular formula is C13H13FN2O2. The van der Waals surface area contributed by atoms with Crippen LogP contribution in [0, 0.1) is 17.1 Å². The van der Waals surface area contributed by atoms with Crippen LogP contribution in [-0.4, -0.2) is 16.6 Å². The summed E-state index contributed by atoms with van der Waals surface area (Å²) in [4.78, 5) is 11.9. The van der Waals surface area contributed by atoms with Gasteiger partial charge in [-0.1, -0.05) is 6.07 Å². The first-order chi connectivity index (χ1) is 8.58. The summed E-state index contributed by atoms with van der Waals surface area (Å²) >= 11 is 0. The Kier molecular flexibility index (Phi) is 3.19. The molecule has 0 aliphatic heterocycles. The molecule has 1 aromatic carbocycles. The van der Waals surface area contributed by atoms with E-state index >= 15 is 0 Å². The van der Waals surface area contributed by atoms with Crippen molar-refractivity contribution in [2.45, 2.75) is 31.2 Å². The predicted molar refractivity (Wildman–Crippen MR) is 62.3 cm³/mol. The fraction of sp³-hybridized carbons (Fsp3) is 0.385. The van der Waals surface area contributed by atoms with Crippen molar-refractivity contribution in [1.82, 2.24) is 5.32 Å². The molecule has 1 amide bonds. The standard InChI is InChI=1S/C13H13FN2O2/c14-9-4-3-5-10(17)11(9)12(18)16-13(8-15)6-1-2-7-13/h3-5,17H,1-2,6-7H2,(H,16,18). The van der Waals surface area contributed by atoms with E-state index < -0.39 is 28.6 Å². The maximum Gasteiger partial charge on any atom is 0.259 e. The summed E-state index contributed by atoms with van der Waals surface area (Å²) in [6.07, 6.45) is 2.84. The van der Waals surface area contributed by atoms with Gasteiger partial charge in [0.15, 0.2) is 0 Å². The van der Waals surface area contributed by atoms with E-state index in [1.165, 1.54) is 12.1 Å². The topological polar surface area (TPSA) is 73.1 Å². The quantitative estimate of drug-likeness (QED) is 0.841. The van der Waals surface area contributed by atoms with Gasteiger partial charge >= 0.3 is 0 Å². The fourth-order valence-corrected chi connectivity index (χ4v) is 2.26. The lowest BCUT2D eigenvalue weighted by Gasteiger charge is -2.22. The first-order valence-electron chi connectivity index (χ1n) is 5.79. The average molecular weight is 248 g/mol. The SMILES string of the molecule is N#CC1(NC(=O)c2c(O)cccc2F)CCCC1. The third-order valence-electron chi connectivity index (χ3n) is 3.24. The van der Waals surface area contributed by atoms with Gasteiger partial charge in [-0.3, -0.25) is 4.79 Å². The third-order valence-corrected chi connectivity index (χ3v) is 3.24. The molecule has 2 N–H and O–H groups in total. The molecule has 1 aliphatic rings. The van der Waals surface area contributed by atoms with Crippen LogP contribution in [0.1, 0.15) is 36.0 Å². The molecule has 0 aromatic heterocycles. The number of nitrogens with one attached hydrogen (secondary N) is 1. The van der Waals surface area contributed by atoms with Gasteiger partial charge in [-0.05, 0) is 37.8 Å². The Morgan fingerprint density at radius 3 is 2.67 bits per heavy atom. The van der Waals surface area contributed by atoms with E-state index in [0.29, 0.717) is 12.8 Å². The lowest BCUT2D eigenvalue weighted by Crippen LogP contribution is -2.45. The number of carbonyl (C=O) groups is 1. The zero-order valence-electron chi connectivity index (χ0n) is 9.74. The monoisotopic (exact) mass is 248 g/mol. The maximum absolute atomic E-state index is 13.5. The molecule has 1 fully saturated rings. The maximum atomic E-state index is 13.5. The third kappa shape index (κ3) is 2.14. The minimum absolute atomic E-state index is 0.404. The molecule has 0 radical (unpaired) electrons.